The predicted octanol–water partition coefficient (Wildman–Crippen LogP) is 2.03. The lowest BCUT2D eigenvalue weighted by Crippen LogP contribution is -1.99. The molecule has 1 aromatic carbocycles. The van der Waals surface area contributed by atoms with Crippen LogP contribution in [0.3, 0.4) is 0 Å². The molecule has 1 aromatic heterocycles. The molecule has 0 saturated carbocycles. The van der Waals surface area contributed by atoms with Crippen LogP contribution >= 0.6 is 11.8 Å². The number of H-pyrrole nitrogens is 1. The molecule has 16 heavy (non-hydrogen) atoms. The minimum Gasteiger partial charge on any atom is -0.326 e. The monoisotopic (exact) mass is 234 g/mol. The number of benzene rings is 1. The van der Waals surface area contributed by atoms with Gasteiger partial charge in [-0.2, -0.15) is 0 Å². The van der Waals surface area contributed by atoms with Crippen LogP contribution in [0.15, 0.2) is 28.3 Å². The van der Waals surface area contributed by atoms with Crippen molar-refractivity contribution in [2.24, 2.45) is 5.73 Å². The molecular formula is C11H14N4S. The predicted molar refractivity (Wildman–Crippen MR) is 64.3 cm³/mol. The summed E-state index contributed by atoms with van der Waals surface area (Å²) in [6.07, 6.45) is 0. The van der Waals surface area contributed by atoms with Crippen LogP contribution in [0, 0.1) is 13.8 Å². The molecule has 0 spiro atoms. The van der Waals surface area contributed by atoms with E-state index in [0.29, 0.717) is 6.54 Å². The molecular weight excluding hydrogens is 220 g/mol. The van der Waals surface area contributed by atoms with Gasteiger partial charge in [0.1, 0.15) is 5.82 Å². The largest absolute Gasteiger partial charge is 0.326 e. The average Bonchev–Trinajstić information content (AvgIpc) is 2.67. The molecule has 2 aromatic rings. The van der Waals surface area contributed by atoms with Gasteiger partial charge in [0.15, 0.2) is 0 Å². The van der Waals surface area contributed by atoms with Gasteiger partial charge >= 0.3 is 0 Å². The topological polar surface area (TPSA) is 67.6 Å². The second-order valence-corrected chi connectivity index (χ2v) is 4.55. The molecule has 84 valence electrons. The Morgan fingerprint density at radius 3 is 2.81 bits per heavy atom. The summed E-state index contributed by atoms with van der Waals surface area (Å²) in [5.41, 5.74) is 8.05. The first kappa shape index (κ1) is 11.2. The van der Waals surface area contributed by atoms with Crippen molar-refractivity contribution in [3.63, 3.8) is 0 Å². The lowest BCUT2D eigenvalue weighted by atomic mass is 10.1. The SMILES string of the molecule is Cc1nc(Sc2c(C)cccc2CN)n[nH]1. The van der Waals surface area contributed by atoms with Gasteiger partial charge < -0.3 is 5.73 Å². The zero-order valence-corrected chi connectivity index (χ0v) is 10.1. The number of hydrogen-bond donors (Lipinski definition) is 2. The molecule has 0 unspecified atom stereocenters. The molecule has 0 fully saturated rings. The van der Waals surface area contributed by atoms with Crippen molar-refractivity contribution in [1.82, 2.24) is 15.2 Å². The first-order chi connectivity index (χ1) is 7.70. The summed E-state index contributed by atoms with van der Waals surface area (Å²) in [4.78, 5) is 5.43. The Balaban J connectivity index is 2.33. The normalized spacial score (nSPS) is 10.7. The van der Waals surface area contributed by atoms with E-state index in [9.17, 15) is 0 Å². The summed E-state index contributed by atoms with van der Waals surface area (Å²) < 4.78 is 0. The van der Waals surface area contributed by atoms with Gasteiger partial charge in [-0.1, -0.05) is 18.2 Å². The van der Waals surface area contributed by atoms with Crippen LogP contribution in [0.2, 0.25) is 0 Å². The number of aryl methyl sites for hydroxylation is 2. The highest BCUT2D eigenvalue weighted by molar-refractivity contribution is 7.99. The molecule has 0 aliphatic heterocycles. The summed E-state index contributed by atoms with van der Waals surface area (Å²) >= 11 is 1.55. The minimum absolute atomic E-state index is 0.535. The van der Waals surface area contributed by atoms with E-state index in [0.717, 1.165) is 21.4 Å². The standard InChI is InChI=1S/C11H14N4S/c1-7-4-3-5-9(6-12)10(7)16-11-13-8(2)14-15-11/h3-5H,6,12H2,1-2H3,(H,13,14,15). The molecule has 3 N–H and O–H groups in total. The number of aromatic amines is 1. The number of nitrogens with one attached hydrogen (secondary N) is 1. The first-order valence-corrected chi connectivity index (χ1v) is 5.87. The maximum Gasteiger partial charge on any atom is 0.213 e. The van der Waals surface area contributed by atoms with E-state index in [1.807, 2.05) is 19.1 Å². The summed E-state index contributed by atoms with van der Waals surface area (Å²) in [5.74, 6) is 0.824. The van der Waals surface area contributed by atoms with Crippen molar-refractivity contribution in [3.8, 4) is 0 Å². The van der Waals surface area contributed by atoms with E-state index in [2.05, 4.69) is 28.2 Å². The Bertz CT molecular complexity index is 492. The lowest BCUT2D eigenvalue weighted by molar-refractivity contribution is 0.961. The third kappa shape index (κ3) is 2.25. The first-order valence-electron chi connectivity index (χ1n) is 5.06. The molecule has 0 radical (unpaired) electrons. The van der Waals surface area contributed by atoms with Crippen LogP contribution in [-0.2, 0) is 6.54 Å². The van der Waals surface area contributed by atoms with Gasteiger partial charge in [0.05, 0.1) is 0 Å². The quantitative estimate of drug-likeness (QED) is 0.852. The molecule has 2 rings (SSSR count). The number of hydrogen-bond acceptors (Lipinski definition) is 4. The Hall–Kier alpha value is -1.33. The van der Waals surface area contributed by atoms with Crippen LogP contribution in [0.5, 0.6) is 0 Å². The van der Waals surface area contributed by atoms with Crippen LogP contribution in [0.25, 0.3) is 0 Å². The fourth-order valence-corrected chi connectivity index (χ4v) is 2.45. The van der Waals surface area contributed by atoms with Gasteiger partial charge in [-0.15, -0.1) is 5.10 Å². The van der Waals surface area contributed by atoms with E-state index in [-0.39, 0.29) is 0 Å². The van der Waals surface area contributed by atoms with E-state index >= 15 is 0 Å². The summed E-state index contributed by atoms with van der Waals surface area (Å²) in [6.45, 7) is 4.49. The van der Waals surface area contributed by atoms with Gasteiger partial charge in [0.2, 0.25) is 5.16 Å². The molecule has 0 aliphatic rings. The fourth-order valence-electron chi connectivity index (χ4n) is 1.48. The van der Waals surface area contributed by atoms with Gasteiger partial charge in [-0.25, -0.2) is 4.98 Å². The Labute approximate surface area is 98.7 Å². The summed E-state index contributed by atoms with van der Waals surface area (Å²) in [5, 5.41) is 7.68. The van der Waals surface area contributed by atoms with Crippen LogP contribution in [-0.4, -0.2) is 15.2 Å². The molecule has 4 nitrogen and oxygen atoms in total. The molecule has 0 amide bonds. The maximum atomic E-state index is 5.72. The second kappa shape index (κ2) is 4.67. The fraction of sp³-hybridized carbons (Fsp3) is 0.273. The van der Waals surface area contributed by atoms with Crippen molar-refractivity contribution in [3.05, 3.63) is 35.2 Å². The van der Waals surface area contributed by atoms with E-state index in [1.165, 1.54) is 5.56 Å². The van der Waals surface area contributed by atoms with E-state index in [4.69, 9.17) is 5.73 Å². The zero-order chi connectivity index (χ0) is 11.5. The second-order valence-electron chi connectivity index (χ2n) is 3.57. The van der Waals surface area contributed by atoms with Gasteiger partial charge in [-0.3, -0.25) is 5.10 Å². The minimum atomic E-state index is 0.535. The molecule has 0 aliphatic carbocycles. The molecule has 0 atom stereocenters. The summed E-state index contributed by atoms with van der Waals surface area (Å²) in [7, 11) is 0. The third-order valence-corrected chi connectivity index (χ3v) is 3.44. The molecule has 0 saturated heterocycles. The smallest absolute Gasteiger partial charge is 0.213 e. The Kier molecular flexibility index (Phi) is 3.26. The number of nitrogens with zero attached hydrogens (tertiary/aromatic N) is 2. The molecule has 5 heteroatoms. The van der Waals surface area contributed by atoms with Crippen LogP contribution < -0.4 is 5.73 Å². The van der Waals surface area contributed by atoms with Crippen molar-refractivity contribution < 1.29 is 0 Å². The van der Waals surface area contributed by atoms with Gasteiger partial charge in [0, 0.05) is 11.4 Å². The maximum absolute atomic E-state index is 5.72. The number of nitrogens with two attached hydrogens (primary N) is 1. The molecule has 0 bridgehead atoms. The van der Waals surface area contributed by atoms with E-state index < -0.39 is 0 Å². The van der Waals surface area contributed by atoms with Crippen molar-refractivity contribution >= 4 is 11.8 Å². The van der Waals surface area contributed by atoms with Crippen molar-refractivity contribution in [1.29, 1.82) is 0 Å². The Morgan fingerprint density at radius 2 is 2.19 bits per heavy atom. The zero-order valence-electron chi connectivity index (χ0n) is 9.32. The van der Waals surface area contributed by atoms with Crippen LogP contribution in [0.1, 0.15) is 17.0 Å². The molecule has 1 heterocycles. The van der Waals surface area contributed by atoms with Crippen LogP contribution in [0.4, 0.5) is 0 Å². The third-order valence-electron chi connectivity index (χ3n) is 2.28. The highest BCUT2D eigenvalue weighted by atomic mass is 32.2. The van der Waals surface area contributed by atoms with Crippen molar-refractivity contribution in [2.45, 2.75) is 30.4 Å². The average molecular weight is 234 g/mol. The van der Waals surface area contributed by atoms with Gasteiger partial charge in [-0.05, 0) is 36.7 Å². The number of aromatic nitrogens is 3. The highest BCUT2D eigenvalue weighted by Gasteiger charge is 2.09. The highest BCUT2D eigenvalue weighted by Crippen LogP contribution is 2.30. The van der Waals surface area contributed by atoms with Gasteiger partial charge in [0.25, 0.3) is 0 Å². The number of rotatable bonds is 3. The Morgan fingerprint density at radius 1 is 1.38 bits per heavy atom. The van der Waals surface area contributed by atoms with E-state index in [1.54, 1.807) is 11.8 Å². The summed E-state index contributed by atoms with van der Waals surface area (Å²) in [6, 6.07) is 6.13. The lowest BCUT2D eigenvalue weighted by Gasteiger charge is -2.08. The van der Waals surface area contributed by atoms with Crippen molar-refractivity contribution in [2.75, 3.05) is 0 Å².